The van der Waals surface area contributed by atoms with Crippen LogP contribution in [0.4, 0.5) is 0 Å². The van der Waals surface area contributed by atoms with Crippen LogP contribution in [0.1, 0.15) is 5.56 Å². The van der Waals surface area contributed by atoms with Crippen molar-refractivity contribution in [2.24, 2.45) is 0 Å². The molecule has 14 heavy (non-hydrogen) atoms. The summed E-state index contributed by atoms with van der Waals surface area (Å²) in [5.41, 5.74) is 1.67. The standard InChI is InChI=1S/C10H6BrCl2N/c11-5-7-9(12)6-3-1-2-4-8(6)14-10(7)13/h1-4H,5H2. The van der Waals surface area contributed by atoms with Crippen molar-refractivity contribution in [1.82, 2.24) is 4.98 Å². The van der Waals surface area contributed by atoms with Gasteiger partial charge < -0.3 is 0 Å². The van der Waals surface area contributed by atoms with Crippen LogP contribution in [0.5, 0.6) is 0 Å². The van der Waals surface area contributed by atoms with Gasteiger partial charge in [0.1, 0.15) is 5.15 Å². The first kappa shape index (κ1) is 10.2. The summed E-state index contributed by atoms with van der Waals surface area (Å²) >= 11 is 15.5. The Bertz CT molecular complexity index is 485. The van der Waals surface area contributed by atoms with E-state index in [0.717, 1.165) is 16.5 Å². The largest absolute Gasteiger partial charge is 0.236 e. The third kappa shape index (κ3) is 1.62. The quantitative estimate of drug-likeness (QED) is 0.559. The molecule has 1 aromatic carbocycles. The normalized spacial score (nSPS) is 10.8. The number of alkyl halides is 1. The van der Waals surface area contributed by atoms with Gasteiger partial charge in [-0.05, 0) is 6.07 Å². The van der Waals surface area contributed by atoms with Gasteiger partial charge in [-0.1, -0.05) is 57.3 Å². The molecule has 2 rings (SSSR count). The molecular weight excluding hydrogens is 285 g/mol. The molecule has 72 valence electrons. The Kier molecular flexibility index (Phi) is 2.96. The summed E-state index contributed by atoms with van der Waals surface area (Å²) in [6.45, 7) is 0. The molecule has 0 amide bonds. The third-order valence-electron chi connectivity index (χ3n) is 2.01. The smallest absolute Gasteiger partial charge is 0.135 e. The van der Waals surface area contributed by atoms with E-state index < -0.39 is 0 Å². The number of nitrogens with zero attached hydrogens (tertiary/aromatic N) is 1. The molecule has 0 aliphatic carbocycles. The van der Waals surface area contributed by atoms with Gasteiger partial charge in [-0.2, -0.15) is 0 Å². The van der Waals surface area contributed by atoms with Gasteiger partial charge in [-0.3, -0.25) is 0 Å². The first-order valence-electron chi connectivity index (χ1n) is 4.02. The fraction of sp³-hybridized carbons (Fsp3) is 0.100. The topological polar surface area (TPSA) is 12.9 Å². The van der Waals surface area contributed by atoms with Gasteiger partial charge in [0.15, 0.2) is 0 Å². The van der Waals surface area contributed by atoms with Crippen molar-refractivity contribution >= 4 is 50.0 Å². The van der Waals surface area contributed by atoms with Crippen molar-refractivity contribution in [3.05, 3.63) is 40.0 Å². The van der Waals surface area contributed by atoms with Crippen molar-refractivity contribution in [3.8, 4) is 0 Å². The number of aromatic nitrogens is 1. The molecule has 1 nitrogen and oxygen atoms in total. The SMILES string of the molecule is Clc1nc2ccccc2c(Cl)c1CBr. The van der Waals surface area contributed by atoms with Crippen molar-refractivity contribution in [2.75, 3.05) is 0 Å². The van der Waals surface area contributed by atoms with Crippen LogP contribution < -0.4 is 0 Å². The molecule has 1 aromatic heterocycles. The summed E-state index contributed by atoms with van der Waals surface area (Å²) in [4.78, 5) is 4.26. The summed E-state index contributed by atoms with van der Waals surface area (Å²) in [5.74, 6) is 0. The van der Waals surface area contributed by atoms with E-state index in [-0.39, 0.29) is 0 Å². The number of hydrogen-bond donors (Lipinski definition) is 0. The highest BCUT2D eigenvalue weighted by Gasteiger charge is 2.10. The van der Waals surface area contributed by atoms with Crippen LogP contribution in [0.2, 0.25) is 10.2 Å². The first-order chi connectivity index (χ1) is 6.74. The summed E-state index contributed by atoms with van der Waals surface area (Å²) in [6, 6.07) is 7.68. The number of fused-ring (bicyclic) bond motifs is 1. The van der Waals surface area contributed by atoms with Crippen LogP contribution in [0, 0.1) is 0 Å². The van der Waals surface area contributed by atoms with Gasteiger partial charge >= 0.3 is 0 Å². The Balaban J connectivity index is 2.86. The molecule has 0 aliphatic heterocycles. The molecule has 2 aromatic rings. The number of benzene rings is 1. The van der Waals surface area contributed by atoms with Crippen molar-refractivity contribution < 1.29 is 0 Å². The van der Waals surface area contributed by atoms with Gasteiger partial charge in [0.2, 0.25) is 0 Å². The lowest BCUT2D eigenvalue weighted by atomic mass is 10.2. The average molecular weight is 291 g/mol. The van der Waals surface area contributed by atoms with Gasteiger partial charge in [0, 0.05) is 16.3 Å². The lowest BCUT2D eigenvalue weighted by Gasteiger charge is -2.06. The molecule has 0 unspecified atom stereocenters. The molecule has 0 atom stereocenters. The minimum absolute atomic E-state index is 0.463. The molecule has 0 aliphatic rings. The zero-order chi connectivity index (χ0) is 10.1. The number of hydrogen-bond acceptors (Lipinski definition) is 1. The van der Waals surface area contributed by atoms with Crippen LogP contribution >= 0.6 is 39.1 Å². The maximum atomic E-state index is 6.19. The Hall–Kier alpha value is -0.310. The Morgan fingerprint density at radius 1 is 1.21 bits per heavy atom. The summed E-state index contributed by atoms with van der Waals surface area (Å²) < 4.78 is 0. The predicted octanol–water partition coefficient (Wildman–Crippen LogP) is 4.44. The van der Waals surface area contributed by atoms with Crippen LogP contribution in [-0.4, -0.2) is 4.98 Å². The number of pyridine rings is 1. The van der Waals surface area contributed by atoms with Gasteiger partial charge in [-0.25, -0.2) is 4.98 Å². The zero-order valence-corrected chi connectivity index (χ0v) is 10.2. The molecule has 4 heteroatoms. The van der Waals surface area contributed by atoms with E-state index in [1.54, 1.807) is 0 Å². The number of halogens is 3. The molecule has 0 radical (unpaired) electrons. The second-order valence-corrected chi connectivity index (χ2v) is 4.14. The molecule has 1 heterocycles. The summed E-state index contributed by atoms with van der Waals surface area (Å²) in [7, 11) is 0. The van der Waals surface area contributed by atoms with Crippen molar-refractivity contribution in [3.63, 3.8) is 0 Å². The van der Waals surface area contributed by atoms with Crippen LogP contribution in [0.3, 0.4) is 0 Å². The molecule has 0 spiro atoms. The molecule has 0 N–H and O–H groups in total. The van der Waals surface area contributed by atoms with Gasteiger partial charge in [-0.15, -0.1) is 0 Å². The van der Waals surface area contributed by atoms with E-state index in [0.29, 0.717) is 15.5 Å². The van der Waals surface area contributed by atoms with Gasteiger partial charge in [0.05, 0.1) is 10.5 Å². The maximum absolute atomic E-state index is 6.19. The van der Waals surface area contributed by atoms with Crippen molar-refractivity contribution in [1.29, 1.82) is 0 Å². The highest BCUT2D eigenvalue weighted by atomic mass is 79.9. The van der Waals surface area contributed by atoms with Crippen LogP contribution in [-0.2, 0) is 5.33 Å². The summed E-state index contributed by atoms with van der Waals surface area (Å²) in [5, 5.41) is 2.69. The minimum atomic E-state index is 0.463. The lowest BCUT2D eigenvalue weighted by Crippen LogP contribution is -1.89. The Labute approximate surface area is 100 Å². The molecule has 0 saturated heterocycles. The van der Waals surface area contributed by atoms with E-state index in [1.807, 2.05) is 24.3 Å². The maximum Gasteiger partial charge on any atom is 0.135 e. The fourth-order valence-corrected chi connectivity index (χ4v) is 2.78. The predicted molar refractivity (Wildman–Crippen MR) is 64.4 cm³/mol. The van der Waals surface area contributed by atoms with Crippen molar-refractivity contribution in [2.45, 2.75) is 5.33 Å². The summed E-state index contributed by atoms with van der Waals surface area (Å²) in [6.07, 6.45) is 0. The van der Waals surface area contributed by atoms with Gasteiger partial charge in [0.25, 0.3) is 0 Å². The lowest BCUT2D eigenvalue weighted by molar-refractivity contribution is 1.32. The molecule has 0 saturated carbocycles. The second-order valence-electron chi connectivity index (χ2n) is 2.85. The van der Waals surface area contributed by atoms with E-state index >= 15 is 0 Å². The average Bonchev–Trinajstić information content (AvgIpc) is 2.18. The van der Waals surface area contributed by atoms with E-state index in [2.05, 4.69) is 20.9 Å². The molecule has 0 fully saturated rings. The molecular formula is C10H6BrCl2N. The number of para-hydroxylation sites is 1. The third-order valence-corrected chi connectivity index (χ3v) is 3.31. The van der Waals surface area contributed by atoms with E-state index in [9.17, 15) is 0 Å². The Morgan fingerprint density at radius 3 is 2.64 bits per heavy atom. The highest BCUT2D eigenvalue weighted by molar-refractivity contribution is 9.08. The van der Waals surface area contributed by atoms with E-state index in [4.69, 9.17) is 23.2 Å². The Morgan fingerprint density at radius 2 is 1.93 bits per heavy atom. The highest BCUT2D eigenvalue weighted by Crippen LogP contribution is 2.31. The zero-order valence-electron chi connectivity index (χ0n) is 7.10. The molecule has 0 bridgehead atoms. The second kappa shape index (κ2) is 4.05. The fourth-order valence-electron chi connectivity index (χ4n) is 1.30. The first-order valence-corrected chi connectivity index (χ1v) is 5.90. The van der Waals surface area contributed by atoms with E-state index in [1.165, 1.54) is 0 Å². The van der Waals surface area contributed by atoms with Crippen LogP contribution in [0.15, 0.2) is 24.3 Å². The monoisotopic (exact) mass is 289 g/mol. The minimum Gasteiger partial charge on any atom is -0.236 e. The van der Waals surface area contributed by atoms with Crippen LogP contribution in [0.25, 0.3) is 10.9 Å². The number of rotatable bonds is 1.